The first-order chi connectivity index (χ1) is 20.4. The van der Waals surface area contributed by atoms with E-state index in [1.807, 2.05) is 18.7 Å². The highest BCUT2D eigenvalue weighted by Gasteiger charge is 2.36. The van der Waals surface area contributed by atoms with Crippen LogP contribution in [-0.2, 0) is 11.2 Å². The molecule has 1 saturated carbocycles. The quantitative estimate of drug-likeness (QED) is 0.433. The number of fused-ring (bicyclic) bond motifs is 3. The number of nitrogens with zero attached hydrogens (tertiary/aromatic N) is 3. The van der Waals surface area contributed by atoms with Crippen molar-refractivity contribution in [1.29, 1.82) is 0 Å². The number of carbonyl (C=O) groups excluding carboxylic acids is 3. The second kappa shape index (κ2) is 11.0. The molecule has 2 aromatic carbocycles. The highest BCUT2D eigenvalue weighted by molar-refractivity contribution is 6.06. The minimum Gasteiger partial charge on any atom is -0.382 e. The number of aromatic nitrogens is 1. The van der Waals surface area contributed by atoms with Gasteiger partial charge in [0.1, 0.15) is 11.6 Å². The van der Waals surface area contributed by atoms with Crippen molar-refractivity contribution >= 4 is 34.3 Å². The summed E-state index contributed by atoms with van der Waals surface area (Å²) in [5.41, 5.74) is 7.66. The first-order valence-electron chi connectivity index (χ1n) is 15.2. The maximum absolute atomic E-state index is 15.7. The number of rotatable bonds is 5. The molecule has 2 amide bonds. The van der Waals surface area contributed by atoms with Gasteiger partial charge in [-0.2, -0.15) is 0 Å². The number of benzene rings is 2. The molecule has 1 aliphatic carbocycles. The van der Waals surface area contributed by atoms with Crippen molar-refractivity contribution in [3.8, 4) is 11.1 Å². The Morgan fingerprint density at radius 3 is 2.35 bits per heavy atom. The van der Waals surface area contributed by atoms with Gasteiger partial charge in [-0.15, -0.1) is 0 Å². The van der Waals surface area contributed by atoms with Crippen LogP contribution in [0.5, 0.6) is 0 Å². The SMILES string of the molecule is CN1CCN(C(=O)C2CCC(Nc3cc(-c4c5n(c6cc(F)ccc46)C(=O)CC(C)(C)C5)cc(F)c3C(N)=O)CC2)CC1. The van der Waals surface area contributed by atoms with Crippen LogP contribution < -0.4 is 11.1 Å². The van der Waals surface area contributed by atoms with Crippen molar-refractivity contribution in [2.75, 3.05) is 38.5 Å². The van der Waals surface area contributed by atoms with Crippen LogP contribution >= 0.6 is 0 Å². The molecule has 43 heavy (non-hydrogen) atoms. The number of nitrogens with one attached hydrogen (secondary N) is 1. The molecule has 3 N–H and O–H groups in total. The second-order valence-electron chi connectivity index (χ2n) is 13.3. The lowest BCUT2D eigenvalue weighted by Crippen LogP contribution is -2.49. The fraction of sp³-hybridized carbons (Fsp3) is 0.485. The summed E-state index contributed by atoms with van der Waals surface area (Å²) in [6.45, 7) is 7.25. The van der Waals surface area contributed by atoms with E-state index in [2.05, 4.69) is 17.3 Å². The van der Waals surface area contributed by atoms with Gasteiger partial charge in [-0.1, -0.05) is 13.8 Å². The first-order valence-corrected chi connectivity index (χ1v) is 15.2. The van der Waals surface area contributed by atoms with Gasteiger partial charge in [0, 0.05) is 61.2 Å². The van der Waals surface area contributed by atoms with Crippen LogP contribution in [0.15, 0.2) is 30.3 Å². The largest absolute Gasteiger partial charge is 0.382 e. The third-order valence-electron chi connectivity index (χ3n) is 9.43. The Morgan fingerprint density at radius 2 is 1.67 bits per heavy atom. The molecular weight excluding hydrogens is 552 g/mol. The molecule has 3 heterocycles. The van der Waals surface area contributed by atoms with Crippen LogP contribution in [-0.4, -0.2) is 71.4 Å². The summed E-state index contributed by atoms with van der Waals surface area (Å²) in [7, 11) is 2.06. The van der Waals surface area contributed by atoms with Gasteiger partial charge in [0.05, 0.1) is 16.8 Å². The summed E-state index contributed by atoms with van der Waals surface area (Å²) in [5, 5.41) is 4.02. The van der Waals surface area contributed by atoms with Crippen molar-refractivity contribution in [2.24, 2.45) is 17.1 Å². The molecule has 0 atom stereocenters. The number of primary amides is 1. The van der Waals surface area contributed by atoms with Gasteiger partial charge in [0.15, 0.2) is 0 Å². The first kappa shape index (κ1) is 29.3. The Kier molecular flexibility index (Phi) is 7.52. The minimum atomic E-state index is -0.882. The molecule has 0 unspecified atom stereocenters. The number of carbonyl (C=O) groups is 3. The molecule has 6 rings (SSSR count). The van der Waals surface area contributed by atoms with Gasteiger partial charge < -0.3 is 20.9 Å². The molecule has 228 valence electrons. The minimum absolute atomic E-state index is 0.0411. The second-order valence-corrected chi connectivity index (χ2v) is 13.3. The number of piperazine rings is 1. The van der Waals surface area contributed by atoms with Gasteiger partial charge in [0.2, 0.25) is 11.8 Å². The summed E-state index contributed by atoms with van der Waals surface area (Å²) in [6, 6.07) is 7.23. The van der Waals surface area contributed by atoms with Crippen LogP contribution in [0.1, 0.15) is 66.8 Å². The zero-order chi connectivity index (χ0) is 30.6. The van der Waals surface area contributed by atoms with E-state index in [0.29, 0.717) is 66.2 Å². The fourth-order valence-electron chi connectivity index (χ4n) is 7.20. The van der Waals surface area contributed by atoms with E-state index in [-0.39, 0.29) is 40.4 Å². The molecule has 2 aliphatic heterocycles. The van der Waals surface area contributed by atoms with Gasteiger partial charge in [0.25, 0.3) is 5.91 Å². The Bertz CT molecular complexity index is 1610. The van der Waals surface area contributed by atoms with E-state index in [1.54, 1.807) is 16.7 Å². The zero-order valence-corrected chi connectivity index (χ0v) is 25.0. The van der Waals surface area contributed by atoms with Crippen LogP contribution in [0.25, 0.3) is 22.0 Å². The molecule has 10 heteroatoms. The number of anilines is 1. The van der Waals surface area contributed by atoms with E-state index in [4.69, 9.17) is 5.73 Å². The van der Waals surface area contributed by atoms with Crippen LogP contribution in [0, 0.1) is 23.0 Å². The van der Waals surface area contributed by atoms with Crippen molar-refractivity contribution in [1.82, 2.24) is 14.4 Å². The summed E-state index contributed by atoms with van der Waals surface area (Å²) >= 11 is 0. The maximum Gasteiger partial charge on any atom is 0.253 e. The molecule has 0 spiro atoms. The number of hydrogen-bond acceptors (Lipinski definition) is 5. The Morgan fingerprint density at radius 1 is 0.977 bits per heavy atom. The molecular formula is C33H39F2N5O3. The topological polar surface area (TPSA) is 101 Å². The molecule has 3 aromatic rings. The lowest BCUT2D eigenvalue weighted by atomic mass is 9.80. The average molecular weight is 592 g/mol. The lowest BCUT2D eigenvalue weighted by molar-refractivity contribution is -0.138. The summed E-state index contributed by atoms with van der Waals surface area (Å²) in [6.07, 6.45) is 3.65. The summed E-state index contributed by atoms with van der Waals surface area (Å²) in [5.74, 6) is -2.08. The van der Waals surface area contributed by atoms with Gasteiger partial charge in [-0.05, 0) is 80.5 Å². The molecule has 0 bridgehead atoms. The fourth-order valence-corrected chi connectivity index (χ4v) is 7.20. The molecule has 2 fully saturated rings. The monoisotopic (exact) mass is 591 g/mol. The number of likely N-dealkylation sites (N-methyl/N-ethyl adjacent to an activating group) is 1. The normalized spacial score (nSPS) is 22.4. The van der Waals surface area contributed by atoms with E-state index in [9.17, 15) is 18.8 Å². The predicted molar refractivity (Wildman–Crippen MR) is 162 cm³/mol. The Labute approximate surface area is 250 Å². The van der Waals surface area contributed by atoms with Gasteiger partial charge in [-0.25, -0.2) is 8.78 Å². The van der Waals surface area contributed by atoms with Crippen molar-refractivity contribution in [3.63, 3.8) is 0 Å². The highest BCUT2D eigenvalue weighted by Crippen LogP contribution is 2.44. The number of hydrogen-bond donors (Lipinski definition) is 2. The Balaban J connectivity index is 1.32. The Hall–Kier alpha value is -3.79. The van der Waals surface area contributed by atoms with Gasteiger partial charge >= 0.3 is 0 Å². The average Bonchev–Trinajstić information content (AvgIpc) is 3.25. The summed E-state index contributed by atoms with van der Waals surface area (Å²) in [4.78, 5) is 43.0. The number of halogens is 2. The smallest absolute Gasteiger partial charge is 0.253 e. The van der Waals surface area contributed by atoms with Crippen LogP contribution in [0.3, 0.4) is 0 Å². The van der Waals surface area contributed by atoms with Crippen LogP contribution in [0.2, 0.25) is 0 Å². The third-order valence-corrected chi connectivity index (χ3v) is 9.43. The summed E-state index contributed by atoms with van der Waals surface area (Å²) < 4.78 is 31.6. The molecule has 0 radical (unpaired) electrons. The van der Waals surface area contributed by atoms with Gasteiger partial charge in [-0.3, -0.25) is 19.0 Å². The van der Waals surface area contributed by atoms with Crippen molar-refractivity contribution < 1.29 is 23.2 Å². The molecule has 8 nitrogen and oxygen atoms in total. The molecule has 3 aliphatic rings. The lowest BCUT2D eigenvalue weighted by Gasteiger charge is -2.37. The third kappa shape index (κ3) is 5.53. The van der Waals surface area contributed by atoms with Crippen molar-refractivity contribution in [2.45, 2.75) is 58.4 Å². The van der Waals surface area contributed by atoms with E-state index < -0.39 is 17.5 Å². The number of nitrogens with two attached hydrogens (primary N) is 1. The highest BCUT2D eigenvalue weighted by atomic mass is 19.1. The maximum atomic E-state index is 15.7. The van der Waals surface area contributed by atoms with E-state index in [0.717, 1.165) is 26.2 Å². The van der Waals surface area contributed by atoms with E-state index in [1.165, 1.54) is 18.2 Å². The standard InChI is InChI=1S/C33H39F2N5O3/c1-33(2)17-27-29(23-9-6-21(34)16-26(23)40(27)28(41)18-33)20-14-24(35)30(31(36)42)25(15-20)37-22-7-4-19(5-8-22)32(43)39-12-10-38(3)11-13-39/h6,9,14-16,19,22,37H,4-5,7-8,10-13,17-18H2,1-3H3,(H2,36,42). The predicted octanol–water partition coefficient (Wildman–Crippen LogP) is 5.04. The molecule has 1 saturated heterocycles. The van der Waals surface area contributed by atoms with Crippen LogP contribution in [0.4, 0.5) is 14.5 Å². The number of amides is 2. The van der Waals surface area contributed by atoms with E-state index >= 15 is 4.39 Å². The molecule has 1 aromatic heterocycles. The van der Waals surface area contributed by atoms with Crippen molar-refractivity contribution in [3.05, 3.63) is 53.2 Å². The zero-order valence-electron chi connectivity index (χ0n) is 25.0.